The maximum Gasteiger partial charge on any atom is 0.308 e. The predicted octanol–water partition coefficient (Wildman–Crippen LogP) is 1.33. The fourth-order valence-electron chi connectivity index (χ4n) is 2.88. The lowest BCUT2D eigenvalue weighted by Crippen LogP contribution is -2.45. The normalized spacial score (nSPS) is 37.4. The topological polar surface area (TPSA) is 38.3 Å². The zero-order valence-electron chi connectivity index (χ0n) is 8.79. The molecule has 0 aromatic carbocycles. The molecule has 0 aromatic rings. The molecule has 0 bridgehead atoms. The molecular weight excluding hydrogens is 178 g/mol. The molecule has 0 unspecified atom stereocenters. The molecule has 2 aliphatic rings. The number of hydrogen-bond acceptors (Lipinski definition) is 3. The van der Waals surface area contributed by atoms with Gasteiger partial charge in [0.1, 0.15) is 0 Å². The third kappa shape index (κ3) is 1.92. The van der Waals surface area contributed by atoms with Gasteiger partial charge in [-0.2, -0.15) is 0 Å². The van der Waals surface area contributed by atoms with Crippen molar-refractivity contribution in [3.05, 3.63) is 0 Å². The molecule has 1 aliphatic heterocycles. The lowest BCUT2D eigenvalue weighted by Gasteiger charge is -2.38. The molecule has 1 aliphatic carbocycles. The van der Waals surface area contributed by atoms with Gasteiger partial charge in [-0.25, -0.2) is 0 Å². The molecule has 1 N–H and O–H groups in total. The van der Waals surface area contributed by atoms with E-state index in [1.165, 1.54) is 20.0 Å². The number of piperidine rings is 1. The summed E-state index contributed by atoms with van der Waals surface area (Å²) >= 11 is 0. The molecule has 0 aromatic heterocycles. The third-order valence-corrected chi connectivity index (χ3v) is 3.68. The van der Waals surface area contributed by atoms with E-state index in [-0.39, 0.29) is 11.9 Å². The monoisotopic (exact) mass is 197 g/mol. The molecule has 3 heteroatoms. The van der Waals surface area contributed by atoms with Crippen molar-refractivity contribution in [2.24, 2.45) is 11.8 Å². The molecule has 0 spiro atoms. The first-order chi connectivity index (χ1) is 6.81. The molecule has 3 nitrogen and oxygen atoms in total. The average molecular weight is 197 g/mol. The van der Waals surface area contributed by atoms with E-state index in [4.69, 9.17) is 4.74 Å². The van der Waals surface area contributed by atoms with Gasteiger partial charge in [0.05, 0.1) is 13.0 Å². The van der Waals surface area contributed by atoms with Gasteiger partial charge in [-0.15, -0.1) is 0 Å². The first kappa shape index (κ1) is 9.97. The molecule has 1 heterocycles. The highest BCUT2D eigenvalue weighted by molar-refractivity contribution is 5.72. The minimum Gasteiger partial charge on any atom is -0.469 e. The van der Waals surface area contributed by atoms with Crippen molar-refractivity contribution in [2.45, 2.75) is 38.1 Å². The second-order valence-electron chi connectivity index (χ2n) is 4.50. The molecule has 1 saturated heterocycles. The van der Waals surface area contributed by atoms with Gasteiger partial charge in [-0.3, -0.25) is 4.79 Å². The number of fused-ring (bicyclic) bond motifs is 1. The smallest absolute Gasteiger partial charge is 0.308 e. The van der Waals surface area contributed by atoms with Gasteiger partial charge in [0.15, 0.2) is 0 Å². The number of carbonyl (C=O) groups excluding carboxylic acids is 1. The Morgan fingerprint density at radius 2 is 2.21 bits per heavy atom. The molecule has 2 rings (SSSR count). The number of carbonyl (C=O) groups is 1. The summed E-state index contributed by atoms with van der Waals surface area (Å²) in [6.45, 7) is 1.16. The lowest BCUT2D eigenvalue weighted by molar-refractivity contribution is -0.147. The van der Waals surface area contributed by atoms with E-state index in [2.05, 4.69) is 5.32 Å². The van der Waals surface area contributed by atoms with Gasteiger partial charge in [0.2, 0.25) is 0 Å². The first-order valence-corrected chi connectivity index (χ1v) is 5.62. The first-order valence-electron chi connectivity index (χ1n) is 5.62. The Labute approximate surface area is 85.2 Å². The van der Waals surface area contributed by atoms with Crippen molar-refractivity contribution >= 4 is 5.97 Å². The summed E-state index contributed by atoms with van der Waals surface area (Å²) in [6, 6.07) is 0.671. The van der Waals surface area contributed by atoms with Crippen LogP contribution in [0.15, 0.2) is 0 Å². The SMILES string of the molecule is COC(=O)[C@@H]1CC[C@@H]2NCCC[C@H]2C1. The Morgan fingerprint density at radius 1 is 1.36 bits per heavy atom. The highest BCUT2D eigenvalue weighted by Crippen LogP contribution is 2.34. The third-order valence-electron chi connectivity index (χ3n) is 3.68. The molecule has 80 valence electrons. The minimum absolute atomic E-state index is 0.00553. The fraction of sp³-hybridized carbons (Fsp3) is 0.909. The molecule has 0 radical (unpaired) electrons. The minimum atomic E-state index is -0.00553. The van der Waals surface area contributed by atoms with E-state index in [9.17, 15) is 4.79 Å². The Hall–Kier alpha value is -0.570. The number of methoxy groups -OCH3 is 1. The summed E-state index contributed by atoms with van der Waals surface area (Å²) in [5.74, 6) is 0.872. The maximum atomic E-state index is 11.4. The van der Waals surface area contributed by atoms with Crippen molar-refractivity contribution in [2.75, 3.05) is 13.7 Å². The zero-order chi connectivity index (χ0) is 9.97. The second-order valence-corrected chi connectivity index (χ2v) is 4.50. The van der Waals surface area contributed by atoms with Crippen LogP contribution in [0.2, 0.25) is 0 Å². The summed E-state index contributed by atoms with van der Waals surface area (Å²) in [6.07, 6.45) is 5.72. The van der Waals surface area contributed by atoms with Crippen LogP contribution in [0.1, 0.15) is 32.1 Å². The van der Waals surface area contributed by atoms with E-state index in [0.29, 0.717) is 12.0 Å². The Kier molecular flexibility index (Phi) is 3.06. The summed E-state index contributed by atoms with van der Waals surface area (Å²) in [4.78, 5) is 11.4. The Bertz CT molecular complexity index is 217. The van der Waals surface area contributed by atoms with Crippen molar-refractivity contribution < 1.29 is 9.53 Å². The molecule has 2 fully saturated rings. The molecular formula is C11H19NO2. The van der Waals surface area contributed by atoms with Crippen LogP contribution in [0.5, 0.6) is 0 Å². The van der Waals surface area contributed by atoms with Gasteiger partial charge in [-0.05, 0) is 44.6 Å². The van der Waals surface area contributed by atoms with E-state index < -0.39 is 0 Å². The second kappa shape index (κ2) is 4.30. The largest absolute Gasteiger partial charge is 0.469 e. The Balaban J connectivity index is 1.92. The lowest BCUT2D eigenvalue weighted by atomic mass is 9.74. The van der Waals surface area contributed by atoms with Crippen LogP contribution in [0.4, 0.5) is 0 Å². The van der Waals surface area contributed by atoms with Crippen LogP contribution in [-0.2, 0) is 9.53 Å². The van der Waals surface area contributed by atoms with Crippen molar-refractivity contribution in [3.8, 4) is 0 Å². The summed E-state index contributed by atoms with van der Waals surface area (Å²) in [7, 11) is 1.49. The van der Waals surface area contributed by atoms with Crippen LogP contribution in [0, 0.1) is 11.8 Å². The molecule has 0 amide bonds. The van der Waals surface area contributed by atoms with E-state index >= 15 is 0 Å². The van der Waals surface area contributed by atoms with E-state index in [1.54, 1.807) is 0 Å². The van der Waals surface area contributed by atoms with Crippen LogP contribution in [0.3, 0.4) is 0 Å². The summed E-state index contributed by atoms with van der Waals surface area (Å²) < 4.78 is 4.81. The van der Waals surface area contributed by atoms with Crippen LogP contribution in [-0.4, -0.2) is 25.7 Å². The van der Waals surface area contributed by atoms with E-state index in [1.807, 2.05) is 0 Å². The average Bonchev–Trinajstić information content (AvgIpc) is 2.27. The number of esters is 1. The predicted molar refractivity (Wildman–Crippen MR) is 53.9 cm³/mol. The fourth-order valence-corrected chi connectivity index (χ4v) is 2.88. The van der Waals surface area contributed by atoms with Gasteiger partial charge in [-0.1, -0.05) is 0 Å². The van der Waals surface area contributed by atoms with Crippen LogP contribution >= 0.6 is 0 Å². The van der Waals surface area contributed by atoms with Crippen LogP contribution in [0.25, 0.3) is 0 Å². The van der Waals surface area contributed by atoms with Crippen molar-refractivity contribution in [1.82, 2.24) is 5.32 Å². The van der Waals surface area contributed by atoms with Gasteiger partial charge < -0.3 is 10.1 Å². The number of nitrogens with one attached hydrogen (secondary N) is 1. The van der Waals surface area contributed by atoms with E-state index in [0.717, 1.165) is 25.8 Å². The summed E-state index contributed by atoms with van der Waals surface area (Å²) in [5.41, 5.74) is 0. The number of hydrogen-bond donors (Lipinski definition) is 1. The van der Waals surface area contributed by atoms with Crippen molar-refractivity contribution in [3.63, 3.8) is 0 Å². The quantitative estimate of drug-likeness (QED) is 0.644. The highest BCUT2D eigenvalue weighted by atomic mass is 16.5. The standard InChI is InChI=1S/C11H19NO2/c1-14-11(13)9-4-5-10-8(7-9)3-2-6-12-10/h8-10,12H,2-7H2,1H3/t8-,9+,10-/m0/s1. The highest BCUT2D eigenvalue weighted by Gasteiger charge is 2.35. The van der Waals surface area contributed by atoms with Crippen molar-refractivity contribution in [1.29, 1.82) is 0 Å². The molecule has 3 atom stereocenters. The maximum absolute atomic E-state index is 11.4. The zero-order valence-corrected chi connectivity index (χ0v) is 8.79. The van der Waals surface area contributed by atoms with Gasteiger partial charge >= 0.3 is 5.97 Å². The van der Waals surface area contributed by atoms with Gasteiger partial charge in [0, 0.05) is 6.04 Å². The molecule has 14 heavy (non-hydrogen) atoms. The molecule has 1 saturated carbocycles. The Morgan fingerprint density at radius 3 is 3.00 bits per heavy atom. The summed E-state index contributed by atoms with van der Waals surface area (Å²) in [5, 5.41) is 3.55. The number of ether oxygens (including phenoxy) is 1. The van der Waals surface area contributed by atoms with Gasteiger partial charge in [0.25, 0.3) is 0 Å². The van der Waals surface area contributed by atoms with Crippen LogP contribution < -0.4 is 5.32 Å². The number of rotatable bonds is 1.